The Hall–Kier alpha value is -3.98. The third-order valence-corrected chi connectivity index (χ3v) is 7.86. The molecule has 0 amide bonds. The van der Waals surface area contributed by atoms with Gasteiger partial charge in [0.05, 0.1) is 27.0 Å². The summed E-state index contributed by atoms with van der Waals surface area (Å²) in [6, 6.07) is 18.5. The molecular formula is C26H23N3O5S. The maximum Gasteiger partial charge on any atom is 0.338 e. The minimum atomic E-state index is -3.87. The number of benzene rings is 3. The Balaban J connectivity index is 1.38. The molecule has 5 rings (SSSR count). The van der Waals surface area contributed by atoms with Crippen molar-refractivity contribution in [2.45, 2.75) is 31.3 Å². The first-order chi connectivity index (χ1) is 16.8. The summed E-state index contributed by atoms with van der Waals surface area (Å²) in [5.74, 6) is -0.507. The van der Waals surface area contributed by atoms with Gasteiger partial charge in [0.15, 0.2) is 0 Å². The maximum atomic E-state index is 13.4. The molecule has 0 bridgehead atoms. The minimum absolute atomic E-state index is 0.0107. The first kappa shape index (κ1) is 22.8. The van der Waals surface area contributed by atoms with E-state index in [1.54, 1.807) is 18.2 Å². The zero-order valence-electron chi connectivity index (χ0n) is 19.0. The summed E-state index contributed by atoms with van der Waals surface area (Å²) in [5, 5.41) is 0.456. The number of hydrogen-bond acceptors (Lipinski definition) is 6. The van der Waals surface area contributed by atoms with Gasteiger partial charge in [-0.1, -0.05) is 36.4 Å². The van der Waals surface area contributed by atoms with Crippen molar-refractivity contribution < 1.29 is 17.9 Å². The fourth-order valence-electron chi connectivity index (χ4n) is 4.30. The van der Waals surface area contributed by atoms with Gasteiger partial charge >= 0.3 is 5.97 Å². The first-order valence-corrected chi connectivity index (χ1v) is 12.6. The third-order valence-electron chi connectivity index (χ3n) is 6.05. The molecule has 1 aliphatic rings. The molecule has 0 radical (unpaired) electrons. The van der Waals surface area contributed by atoms with Crippen LogP contribution in [0.15, 0.2) is 76.4 Å². The molecule has 0 saturated carbocycles. The molecule has 3 aromatic carbocycles. The molecule has 8 nitrogen and oxygen atoms in total. The molecule has 0 spiro atoms. The van der Waals surface area contributed by atoms with Crippen LogP contribution in [0.2, 0.25) is 0 Å². The van der Waals surface area contributed by atoms with Crippen LogP contribution in [0, 0.1) is 6.92 Å². The SMILES string of the molecule is Cc1cccc2c(=O)[nH]c(COC(=O)c3cccc(S(=O)(=O)N4CCCc5ccccc54)c3)nc12. The van der Waals surface area contributed by atoms with Gasteiger partial charge in [-0.05, 0) is 61.2 Å². The summed E-state index contributed by atoms with van der Waals surface area (Å²) in [6.07, 6.45) is 1.54. The number of ether oxygens (including phenoxy) is 1. The number of esters is 1. The lowest BCUT2D eigenvalue weighted by atomic mass is 10.0. The second-order valence-corrected chi connectivity index (χ2v) is 10.3. The van der Waals surface area contributed by atoms with Crippen molar-refractivity contribution in [1.82, 2.24) is 9.97 Å². The van der Waals surface area contributed by atoms with Gasteiger partial charge in [-0.15, -0.1) is 0 Å². The highest BCUT2D eigenvalue weighted by Gasteiger charge is 2.29. The van der Waals surface area contributed by atoms with E-state index in [1.165, 1.54) is 28.6 Å². The molecule has 4 aromatic rings. The minimum Gasteiger partial charge on any atom is -0.454 e. The molecule has 1 aliphatic heterocycles. The number of nitrogens with one attached hydrogen (secondary N) is 1. The largest absolute Gasteiger partial charge is 0.454 e. The fourth-order valence-corrected chi connectivity index (χ4v) is 5.88. The number of aryl methyl sites for hydroxylation is 2. The number of anilines is 1. The summed E-state index contributed by atoms with van der Waals surface area (Å²) >= 11 is 0. The van der Waals surface area contributed by atoms with Gasteiger partial charge in [0.1, 0.15) is 12.4 Å². The number of aromatic amines is 1. The van der Waals surface area contributed by atoms with E-state index in [0.717, 1.165) is 17.5 Å². The molecule has 0 fully saturated rings. The Morgan fingerprint density at radius 2 is 1.89 bits per heavy atom. The summed E-state index contributed by atoms with van der Waals surface area (Å²) in [4.78, 5) is 32.1. The van der Waals surface area contributed by atoms with Crippen LogP contribution in [0.1, 0.15) is 33.7 Å². The number of rotatable bonds is 5. The summed E-state index contributed by atoms with van der Waals surface area (Å²) in [5.41, 5.74) is 2.78. The van der Waals surface area contributed by atoms with E-state index in [-0.39, 0.29) is 28.4 Å². The Labute approximate surface area is 202 Å². The van der Waals surface area contributed by atoms with Crippen molar-refractivity contribution in [2.75, 3.05) is 10.8 Å². The highest BCUT2D eigenvalue weighted by molar-refractivity contribution is 7.92. The van der Waals surface area contributed by atoms with E-state index in [0.29, 0.717) is 29.6 Å². The molecule has 1 aromatic heterocycles. The molecule has 0 saturated heterocycles. The number of aromatic nitrogens is 2. The number of carbonyl (C=O) groups excluding carboxylic acids is 1. The zero-order chi connectivity index (χ0) is 24.6. The zero-order valence-corrected chi connectivity index (χ0v) is 19.8. The molecular weight excluding hydrogens is 466 g/mol. The van der Waals surface area contributed by atoms with E-state index in [1.807, 2.05) is 31.2 Å². The lowest BCUT2D eigenvalue weighted by molar-refractivity contribution is 0.0462. The predicted molar refractivity (Wildman–Crippen MR) is 132 cm³/mol. The smallest absolute Gasteiger partial charge is 0.338 e. The number of hydrogen-bond donors (Lipinski definition) is 1. The molecule has 1 N–H and O–H groups in total. The van der Waals surface area contributed by atoms with Crippen LogP contribution in [-0.2, 0) is 27.8 Å². The van der Waals surface area contributed by atoms with Gasteiger partial charge in [0.2, 0.25) is 0 Å². The number of nitrogens with zero attached hydrogens (tertiary/aromatic N) is 2. The predicted octanol–water partition coefficient (Wildman–Crippen LogP) is 3.73. The lowest BCUT2D eigenvalue weighted by Gasteiger charge is -2.30. The number of carbonyl (C=O) groups is 1. The maximum absolute atomic E-state index is 13.4. The average molecular weight is 490 g/mol. The van der Waals surface area contributed by atoms with E-state index < -0.39 is 16.0 Å². The molecule has 2 heterocycles. The van der Waals surface area contributed by atoms with Crippen molar-refractivity contribution in [3.8, 4) is 0 Å². The lowest BCUT2D eigenvalue weighted by Crippen LogP contribution is -2.35. The fraction of sp³-hybridized carbons (Fsp3) is 0.192. The standard InChI is InChI=1S/C26H23N3O5S/c1-17-7-4-12-21-24(17)27-23(28-25(21)30)16-34-26(31)19-9-5-11-20(15-19)35(32,33)29-14-6-10-18-8-2-3-13-22(18)29/h2-5,7-9,11-13,15H,6,10,14,16H2,1H3,(H,27,28,30). The van der Waals surface area contributed by atoms with Crippen LogP contribution in [0.5, 0.6) is 0 Å². The van der Waals surface area contributed by atoms with Crippen molar-refractivity contribution >= 4 is 32.6 Å². The Kier molecular flexibility index (Phi) is 5.86. The Bertz CT molecular complexity index is 1610. The van der Waals surface area contributed by atoms with Gasteiger partial charge in [-0.2, -0.15) is 0 Å². The van der Waals surface area contributed by atoms with Crippen LogP contribution in [0.3, 0.4) is 0 Å². The quantitative estimate of drug-likeness (QED) is 0.428. The van der Waals surface area contributed by atoms with Gasteiger partial charge < -0.3 is 9.72 Å². The van der Waals surface area contributed by atoms with E-state index >= 15 is 0 Å². The number of sulfonamides is 1. The number of para-hydroxylation sites is 2. The monoisotopic (exact) mass is 489 g/mol. The van der Waals surface area contributed by atoms with Gasteiger partial charge in [-0.3, -0.25) is 9.10 Å². The molecule has 35 heavy (non-hydrogen) atoms. The topological polar surface area (TPSA) is 109 Å². The van der Waals surface area contributed by atoms with Crippen LogP contribution in [0.4, 0.5) is 5.69 Å². The van der Waals surface area contributed by atoms with Gasteiger partial charge in [0.25, 0.3) is 15.6 Å². The van der Waals surface area contributed by atoms with E-state index in [4.69, 9.17) is 4.74 Å². The van der Waals surface area contributed by atoms with Gasteiger partial charge in [0, 0.05) is 6.54 Å². The third kappa shape index (κ3) is 4.30. The summed E-state index contributed by atoms with van der Waals surface area (Å²) < 4.78 is 33.6. The van der Waals surface area contributed by atoms with Crippen molar-refractivity contribution in [1.29, 1.82) is 0 Å². The first-order valence-electron chi connectivity index (χ1n) is 11.2. The molecule has 0 atom stereocenters. The summed E-state index contributed by atoms with van der Waals surface area (Å²) in [7, 11) is -3.87. The van der Waals surface area contributed by atoms with Crippen molar-refractivity contribution in [3.05, 3.63) is 99.6 Å². The van der Waals surface area contributed by atoms with E-state index in [2.05, 4.69) is 9.97 Å². The Morgan fingerprint density at radius 1 is 1.09 bits per heavy atom. The second kappa shape index (κ2) is 8.99. The molecule has 9 heteroatoms. The van der Waals surface area contributed by atoms with Gasteiger partial charge in [-0.25, -0.2) is 18.2 Å². The summed E-state index contributed by atoms with van der Waals surface area (Å²) in [6.45, 7) is 1.96. The molecule has 0 unspecified atom stereocenters. The normalized spacial score (nSPS) is 13.5. The Morgan fingerprint density at radius 3 is 2.74 bits per heavy atom. The highest BCUT2D eigenvalue weighted by Crippen LogP contribution is 2.32. The molecule has 0 aliphatic carbocycles. The van der Waals surface area contributed by atoms with Crippen LogP contribution < -0.4 is 9.86 Å². The van der Waals surface area contributed by atoms with Crippen LogP contribution in [0.25, 0.3) is 10.9 Å². The van der Waals surface area contributed by atoms with E-state index in [9.17, 15) is 18.0 Å². The number of H-pyrrole nitrogens is 1. The van der Waals surface area contributed by atoms with Crippen molar-refractivity contribution in [2.24, 2.45) is 0 Å². The highest BCUT2D eigenvalue weighted by atomic mass is 32.2. The van der Waals surface area contributed by atoms with Crippen LogP contribution in [-0.4, -0.2) is 30.9 Å². The number of fused-ring (bicyclic) bond motifs is 2. The van der Waals surface area contributed by atoms with Crippen molar-refractivity contribution in [3.63, 3.8) is 0 Å². The second-order valence-electron chi connectivity index (χ2n) is 8.40. The van der Waals surface area contributed by atoms with Crippen LogP contribution >= 0.6 is 0 Å². The molecule has 178 valence electrons. The average Bonchev–Trinajstić information content (AvgIpc) is 2.87.